The lowest BCUT2D eigenvalue weighted by Crippen LogP contribution is -2.17. The Morgan fingerprint density at radius 2 is 2.03 bits per heavy atom. The third-order valence-electron chi connectivity index (χ3n) is 5.37. The Morgan fingerprint density at radius 3 is 2.85 bits per heavy atom. The van der Waals surface area contributed by atoms with Gasteiger partial charge in [0.15, 0.2) is 5.65 Å². The van der Waals surface area contributed by atoms with Crippen LogP contribution in [0, 0.1) is 0 Å². The van der Waals surface area contributed by atoms with Crippen LogP contribution in [0.2, 0.25) is 0 Å². The zero-order valence-electron chi connectivity index (χ0n) is 18.7. The third-order valence-corrected chi connectivity index (χ3v) is 5.37. The fourth-order valence-corrected chi connectivity index (χ4v) is 3.66. The summed E-state index contributed by atoms with van der Waals surface area (Å²) < 4.78 is 9.93. The van der Waals surface area contributed by atoms with Crippen LogP contribution >= 0.6 is 0 Å². The number of hydrogen-bond acceptors (Lipinski definition) is 8. The molecule has 0 aliphatic rings. The van der Waals surface area contributed by atoms with Gasteiger partial charge in [0.1, 0.15) is 18.7 Å². The maximum absolute atomic E-state index is 11.6. The maximum Gasteiger partial charge on any atom is 0.325 e. The Bertz CT molecular complexity index is 1450. The van der Waals surface area contributed by atoms with E-state index in [1.54, 1.807) is 26.3 Å². The summed E-state index contributed by atoms with van der Waals surface area (Å²) in [5, 5.41) is 8.51. The summed E-state index contributed by atoms with van der Waals surface area (Å²) in [7, 11) is 3.26. The molecule has 1 aromatic carbocycles. The first-order chi connectivity index (χ1) is 16.6. The van der Waals surface area contributed by atoms with Gasteiger partial charge in [0.05, 0.1) is 18.7 Å². The van der Waals surface area contributed by atoms with Crippen LogP contribution in [0.1, 0.15) is 5.56 Å². The Kier molecular flexibility index (Phi) is 5.65. The molecule has 0 saturated heterocycles. The van der Waals surface area contributed by atoms with E-state index in [0.29, 0.717) is 18.1 Å². The Labute approximate surface area is 195 Å². The predicted molar refractivity (Wildman–Crippen MR) is 127 cm³/mol. The van der Waals surface area contributed by atoms with Crippen LogP contribution in [0.5, 0.6) is 0 Å². The highest BCUT2D eigenvalue weighted by molar-refractivity contribution is 5.87. The van der Waals surface area contributed by atoms with Crippen LogP contribution in [0.25, 0.3) is 22.2 Å². The number of imidazole rings is 1. The smallest absolute Gasteiger partial charge is 0.325 e. The van der Waals surface area contributed by atoms with Crippen molar-refractivity contribution in [2.45, 2.75) is 13.1 Å². The number of anilines is 2. The van der Waals surface area contributed by atoms with Crippen LogP contribution in [0.4, 0.5) is 11.8 Å². The lowest BCUT2D eigenvalue weighted by molar-refractivity contribution is -0.141. The number of aromatic nitrogens is 7. The van der Waals surface area contributed by atoms with Crippen molar-refractivity contribution in [2.75, 3.05) is 17.9 Å². The van der Waals surface area contributed by atoms with Crippen molar-refractivity contribution >= 4 is 28.8 Å². The molecule has 34 heavy (non-hydrogen) atoms. The summed E-state index contributed by atoms with van der Waals surface area (Å²) in [4.78, 5) is 24.8. The molecule has 0 aliphatic heterocycles. The van der Waals surface area contributed by atoms with Gasteiger partial charge in [-0.2, -0.15) is 5.10 Å². The molecule has 2 N–H and O–H groups in total. The van der Waals surface area contributed by atoms with Crippen LogP contribution < -0.4 is 10.7 Å². The molecule has 5 rings (SSSR count). The topological polar surface area (TPSA) is 117 Å². The van der Waals surface area contributed by atoms with Gasteiger partial charge < -0.3 is 14.6 Å². The zero-order valence-corrected chi connectivity index (χ0v) is 18.7. The number of benzene rings is 1. The van der Waals surface area contributed by atoms with E-state index in [1.165, 1.54) is 13.4 Å². The van der Waals surface area contributed by atoms with Crippen molar-refractivity contribution < 1.29 is 9.53 Å². The van der Waals surface area contributed by atoms with Gasteiger partial charge in [-0.15, -0.1) is 0 Å². The van der Waals surface area contributed by atoms with Gasteiger partial charge in [-0.1, -0.05) is 18.2 Å². The Balaban J connectivity index is 1.34. The van der Waals surface area contributed by atoms with E-state index < -0.39 is 0 Å². The van der Waals surface area contributed by atoms with E-state index in [1.807, 2.05) is 37.8 Å². The van der Waals surface area contributed by atoms with Crippen LogP contribution in [0.3, 0.4) is 0 Å². The third kappa shape index (κ3) is 4.31. The van der Waals surface area contributed by atoms with E-state index in [0.717, 1.165) is 27.9 Å². The summed E-state index contributed by atoms with van der Waals surface area (Å²) >= 11 is 0. The van der Waals surface area contributed by atoms with Gasteiger partial charge in [-0.3, -0.25) is 14.9 Å². The summed E-state index contributed by atoms with van der Waals surface area (Å²) in [6.07, 6.45) is 10.5. The molecule has 0 fully saturated rings. The fraction of sp³-hybridized carbons (Fsp3) is 0.174. The first-order valence-corrected chi connectivity index (χ1v) is 10.6. The number of carbonyl (C=O) groups excluding carboxylic acids is 1. The van der Waals surface area contributed by atoms with E-state index >= 15 is 0 Å². The second kappa shape index (κ2) is 9.06. The molecular weight excluding hydrogens is 434 g/mol. The van der Waals surface area contributed by atoms with Crippen molar-refractivity contribution in [1.82, 2.24) is 34.0 Å². The van der Waals surface area contributed by atoms with Gasteiger partial charge in [-0.25, -0.2) is 19.6 Å². The molecule has 0 bridgehead atoms. The molecular formula is C23H23N9O2. The van der Waals surface area contributed by atoms with E-state index in [4.69, 9.17) is 4.74 Å². The first-order valence-electron chi connectivity index (χ1n) is 10.6. The van der Waals surface area contributed by atoms with E-state index in [9.17, 15) is 4.79 Å². The number of methoxy groups -OCH3 is 1. The number of carbonyl (C=O) groups is 1. The van der Waals surface area contributed by atoms with Gasteiger partial charge in [0, 0.05) is 43.9 Å². The second-order valence-corrected chi connectivity index (χ2v) is 7.67. The molecule has 5 aromatic rings. The van der Waals surface area contributed by atoms with Crippen molar-refractivity contribution in [2.24, 2.45) is 7.05 Å². The number of nitrogens with one attached hydrogen (secondary N) is 2. The van der Waals surface area contributed by atoms with Gasteiger partial charge in [0.25, 0.3) is 0 Å². The average Bonchev–Trinajstić information content (AvgIpc) is 3.59. The zero-order chi connectivity index (χ0) is 23.5. The molecule has 11 nitrogen and oxygen atoms in total. The second-order valence-electron chi connectivity index (χ2n) is 7.67. The molecule has 0 aliphatic carbocycles. The maximum atomic E-state index is 11.6. The standard InChI is InChI=1S/C23H23N9O2/c1-30-13-18(12-28-30)17-5-3-4-16(10-17)11-25-21-19-6-8-32(22(19)27-15-26-21)29-23-24-7-9-31(23)14-20(33)34-2/h3-10,12-13,15H,11,14H2,1-2H3,(H,24,29)(H,25,26,27). The molecule has 172 valence electrons. The molecule has 0 unspecified atom stereocenters. The van der Waals surface area contributed by atoms with Crippen LogP contribution in [-0.2, 0) is 29.7 Å². The van der Waals surface area contributed by atoms with Crippen molar-refractivity contribution in [3.63, 3.8) is 0 Å². The number of fused-ring (bicyclic) bond motifs is 1. The summed E-state index contributed by atoms with van der Waals surface area (Å²) in [6.45, 7) is 0.653. The number of rotatable bonds is 8. The highest BCUT2D eigenvalue weighted by Crippen LogP contribution is 2.23. The van der Waals surface area contributed by atoms with Gasteiger partial charge in [0.2, 0.25) is 5.95 Å². The molecule has 0 spiro atoms. The minimum absolute atomic E-state index is 0.0535. The van der Waals surface area contributed by atoms with Crippen LogP contribution in [0.15, 0.2) is 67.6 Å². The highest BCUT2D eigenvalue weighted by Gasteiger charge is 2.12. The first kappa shape index (κ1) is 21.2. The van der Waals surface area contributed by atoms with E-state index in [-0.39, 0.29) is 12.5 Å². The summed E-state index contributed by atoms with van der Waals surface area (Å²) in [5.74, 6) is 0.846. The fourth-order valence-electron chi connectivity index (χ4n) is 3.66. The number of ether oxygens (including phenoxy) is 1. The molecule has 4 aromatic heterocycles. The quantitative estimate of drug-likeness (QED) is 0.342. The molecule has 0 saturated carbocycles. The lowest BCUT2D eigenvalue weighted by Gasteiger charge is -2.11. The SMILES string of the molecule is COC(=O)Cn1ccnc1Nn1ccc2c(NCc3cccc(-c4cnn(C)c4)c3)ncnc21. The van der Waals surface area contributed by atoms with Crippen molar-refractivity contribution in [3.05, 3.63) is 73.2 Å². The molecule has 0 amide bonds. The van der Waals surface area contributed by atoms with Gasteiger partial charge in [-0.05, 0) is 23.3 Å². The Hall–Kier alpha value is -4.67. The molecule has 0 radical (unpaired) electrons. The Morgan fingerprint density at radius 1 is 1.12 bits per heavy atom. The highest BCUT2D eigenvalue weighted by atomic mass is 16.5. The largest absolute Gasteiger partial charge is 0.468 e. The summed E-state index contributed by atoms with van der Waals surface area (Å²) in [6, 6.07) is 10.2. The van der Waals surface area contributed by atoms with Gasteiger partial charge >= 0.3 is 5.97 Å². The minimum atomic E-state index is -0.361. The van der Waals surface area contributed by atoms with E-state index in [2.05, 4.69) is 49.0 Å². The number of esters is 1. The number of nitrogens with zero attached hydrogens (tertiary/aromatic N) is 7. The normalized spacial score (nSPS) is 11.0. The van der Waals surface area contributed by atoms with Crippen molar-refractivity contribution in [3.8, 4) is 11.1 Å². The van der Waals surface area contributed by atoms with Crippen LogP contribution in [-0.4, -0.2) is 47.1 Å². The molecule has 11 heteroatoms. The predicted octanol–water partition coefficient (Wildman–Crippen LogP) is 2.69. The summed E-state index contributed by atoms with van der Waals surface area (Å²) in [5.41, 5.74) is 7.15. The number of hydrogen-bond donors (Lipinski definition) is 2. The minimum Gasteiger partial charge on any atom is -0.468 e. The molecule has 0 atom stereocenters. The monoisotopic (exact) mass is 457 g/mol. The van der Waals surface area contributed by atoms with Crippen molar-refractivity contribution in [1.29, 1.82) is 0 Å². The lowest BCUT2D eigenvalue weighted by atomic mass is 10.1. The number of aryl methyl sites for hydroxylation is 1. The average molecular weight is 457 g/mol. The molecule has 4 heterocycles.